The maximum absolute atomic E-state index is 12.6. The van der Waals surface area contributed by atoms with Gasteiger partial charge in [-0.2, -0.15) is 0 Å². The molecule has 2 saturated heterocycles. The van der Waals surface area contributed by atoms with Crippen LogP contribution in [0.3, 0.4) is 0 Å². The number of fused-ring (bicyclic) bond motifs is 1. The minimum atomic E-state index is -2.54. The van der Waals surface area contributed by atoms with Crippen LogP contribution in [0.2, 0.25) is 0 Å². The van der Waals surface area contributed by atoms with Crippen molar-refractivity contribution in [1.29, 1.82) is 0 Å². The van der Waals surface area contributed by atoms with Gasteiger partial charge in [-0.3, -0.25) is 9.59 Å². The Hall–Kier alpha value is -0.850. The highest BCUT2D eigenvalue weighted by atomic mass is 32.2. The van der Waals surface area contributed by atoms with E-state index >= 15 is 0 Å². The van der Waals surface area contributed by atoms with E-state index in [1.165, 1.54) is 4.90 Å². The summed E-state index contributed by atoms with van der Waals surface area (Å²) in [7, 11) is 0. The predicted octanol–water partition coefficient (Wildman–Crippen LogP) is 1.94. The Balaban J connectivity index is 2.13. The van der Waals surface area contributed by atoms with Crippen molar-refractivity contribution in [1.82, 2.24) is 9.80 Å². The molecule has 0 bridgehead atoms. The first-order chi connectivity index (χ1) is 9.39. The van der Waals surface area contributed by atoms with Gasteiger partial charge in [-0.05, 0) is 19.8 Å². The molecule has 20 heavy (non-hydrogen) atoms. The Kier molecular flexibility index (Phi) is 4.56. The fraction of sp³-hybridized carbons (Fsp3) is 0.846. The number of amides is 2. The minimum absolute atomic E-state index is 0.0376. The van der Waals surface area contributed by atoms with Gasteiger partial charge in [0.05, 0.1) is 11.4 Å². The lowest BCUT2D eigenvalue weighted by Crippen LogP contribution is -2.52. The molecular weight excluding hydrogens is 286 g/mol. The van der Waals surface area contributed by atoms with Crippen molar-refractivity contribution in [3.05, 3.63) is 0 Å². The van der Waals surface area contributed by atoms with E-state index in [0.717, 1.165) is 6.42 Å². The number of nitrogens with zero attached hydrogens (tertiary/aromatic N) is 2. The van der Waals surface area contributed by atoms with Gasteiger partial charge in [0, 0.05) is 18.7 Å². The summed E-state index contributed by atoms with van der Waals surface area (Å²) in [6.45, 7) is 3.56. The number of carbonyl (C=O) groups is 2. The monoisotopic (exact) mass is 306 g/mol. The van der Waals surface area contributed by atoms with Crippen molar-refractivity contribution in [2.24, 2.45) is 0 Å². The van der Waals surface area contributed by atoms with Gasteiger partial charge in [0.25, 0.3) is 6.43 Å². The summed E-state index contributed by atoms with van der Waals surface area (Å²) in [5, 5.41) is 0. The van der Waals surface area contributed by atoms with E-state index in [2.05, 4.69) is 0 Å². The Bertz CT molecular complexity index is 408. The van der Waals surface area contributed by atoms with E-state index in [1.54, 1.807) is 16.7 Å². The van der Waals surface area contributed by atoms with Crippen molar-refractivity contribution in [3.63, 3.8) is 0 Å². The topological polar surface area (TPSA) is 40.6 Å². The highest BCUT2D eigenvalue weighted by Crippen LogP contribution is 2.47. The molecular formula is C13H20F2N2O2S. The Morgan fingerprint density at radius 1 is 1.60 bits per heavy atom. The van der Waals surface area contributed by atoms with E-state index < -0.39 is 19.0 Å². The standard InChI is InChI=1S/C13H20F2N2O2S/c1-3-6-16(7-10(14)15)12(19)9-8-20-13(2)5-4-11(18)17(9)13/h9-10H,3-8H2,1-2H3. The second kappa shape index (κ2) is 5.87. The summed E-state index contributed by atoms with van der Waals surface area (Å²) in [6.07, 6.45) is -0.747. The number of carbonyl (C=O) groups excluding carboxylic acids is 2. The summed E-state index contributed by atoms with van der Waals surface area (Å²) in [5.41, 5.74) is 0. The molecule has 0 aromatic heterocycles. The summed E-state index contributed by atoms with van der Waals surface area (Å²) in [4.78, 5) is 26.9. The molecule has 0 radical (unpaired) electrons. The first-order valence-electron chi connectivity index (χ1n) is 6.92. The number of halogens is 2. The molecule has 0 aromatic rings. The average Bonchev–Trinajstić information content (AvgIpc) is 2.85. The molecule has 7 heteroatoms. The molecule has 2 rings (SSSR count). The van der Waals surface area contributed by atoms with Crippen LogP contribution < -0.4 is 0 Å². The van der Waals surface area contributed by atoms with Gasteiger partial charge in [-0.15, -0.1) is 11.8 Å². The van der Waals surface area contributed by atoms with Gasteiger partial charge in [0.15, 0.2) is 0 Å². The molecule has 2 unspecified atom stereocenters. The normalized spacial score (nSPS) is 29.1. The van der Waals surface area contributed by atoms with Crippen LogP contribution in [0.4, 0.5) is 8.78 Å². The quantitative estimate of drug-likeness (QED) is 0.779. The second-order valence-electron chi connectivity index (χ2n) is 5.44. The van der Waals surface area contributed by atoms with Gasteiger partial charge in [-0.1, -0.05) is 6.92 Å². The van der Waals surface area contributed by atoms with Crippen molar-refractivity contribution in [2.75, 3.05) is 18.8 Å². The molecule has 2 heterocycles. The third-order valence-electron chi connectivity index (χ3n) is 3.89. The number of hydrogen-bond acceptors (Lipinski definition) is 3. The van der Waals surface area contributed by atoms with Crippen LogP contribution in [0.1, 0.15) is 33.1 Å². The Labute approximate surface area is 121 Å². The third kappa shape index (κ3) is 2.77. The van der Waals surface area contributed by atoms with Crippen molar-refractivity contribution in [3.8, 4) is 0 Å². The third-order valence-corrected chi connectivity index (χ3v) is 5.40. The van der Waals surface area contributed by atoms with Crippen molar-refractivity contribution >= 4 is 23.6 Å². The lowest BCUT2D eigenvalue weighted by atomic mass is 10.2. The van der Waals surface area contributed by atoms with Crippen molar-refractivity contribution < 1.29 is 18.4 Å². The van der Waals surface area contributed by atoms with Crippen molar-refractivity contribution in [2.45, 2.75) is 50.4 Å². The zero-order valence-electron chi connectivity index (χ0n) is 11.8. The largest absolute Gasteiger partial charge is 0.335 e. The van der Waals surface area contributed by atoms with Crippen LogP contribution >= 0.6 is 11.8 Å². The molecule has 2 aliphatic rings. The molecule has 0 spiro atoms. The van der Waals surface area contributed by atoms with Gasteiger partial charge in [-0.25, -0.2) is 8.78 Å². The predicted molar refractivity (Wildman–Crippen MR) is 73.6 cm³/mol. The first-order valence-corrected chi connectivity index (χ1v) is 7.90. The number of hydrogen-bond donors (Lipinski definition) is 0. The number of thioether (sulfide) groups is 1. The minimum Gasteiger partial charge on any atom is -0.335 e. The van der Waals surface area contributed by atoms with E-state index in [9.17, 15) is 18.4 Å². The smallest absolute Gasteiger partial charge is 0.255 e. The van der Waals surface area contributed by atoms with E-state index in [1.807, 2.05) is 13.8 Å². The second-order valence-corrected chi connectivity index (χ2v) is 6.94. The molecule has 0 aliphatic carbocycles. The highest BCUT2D eigenvalue weighted by Gasteiger charge is 2.53. The van der Waals surface area contributed by atoms with Gasteiger partial charge in [0.2, 0.25) is 11.8 Å². The molecule has 0 N–H and O–H groups in total. The maximum Gasteiger partial charge on any atom is 0.255 e. The molecule has 114 valence electrons. The zero-order chi connectivity index (χ0) is 14.9. The van der Waals surface area contributed by atoms with Gasteiger partial charge >= 0.3 is 0 Å². The fourth-order valence-electron chi connectivity index (χ4n) is 2.94. The lowest BCUT2D eigenvalue weighted by molar-refractivity contribution is -0.145. The summed E-state index contributed by atoms with van der Waals surface area (Å²) in [6, 6.07) is -0.578. The summed E-state index contributed by atoms with van der Waals surface area (Å²) < 4.78 is 25.2. The molecule has 0 saturated carbocycles. The highest BCUT2D eigenvalue weighted by molar-refractivity contribution is 8.01. The van der Waals surface area contributed by atoms with Crippen LogP contribution in [-0.4, -0.2) is 57.8 Å². The first kappa shape index (κ1) is 15.5. The van der Waals surface area contributed by atoms with Crippen LogP contribution in [0, 0.1) is 0 Å². The Morgan fingerprint density at radius 3 is 2.90 bits per heavy atom. The van der Waals surface area contributed by atoms with Crippen LogP contribution in [0.5, 0.6) is 0 Å². The Morgan fingerprint density at radius 2 is 2.30 bits per heavy atom. The number of rotatable bonds is 5. The van der Waals surface area contributed by atoms with E-state index in [-0.39, 0.29) is 16.7 Å². The van der Waals surface area contributed by atoms with Crippen LogP contribution in [0.15, 0.2) is 0 Å². The molecule has 2 aliphatic heterocycles. The zero-order valence-corrected chi connectivity index (χ0v) is 12.6. The molecule has 0 aromatic carbocycles. The maximum atomic E-state index is 12.6. The molecule has 4 nitrogen and oxygen atoms in total. The van der Waals surface area contributed by atoms with Gasteiger partial charge in [0.1, 0.15) is 6.04 Å². The summed E-state index contributed by atoms with van der Waals surface area (Å²) >= 11 is 1.58. The molecule has 2 fully saturated rings. The van der Waals surface area contributed by atoms with E-state index in [4.69, 9.17) is 0 Å². The summed E-state index contributed by atoms with van der Waals surface area (Å²) in [5.74, 6) is 0.132. The van der Waals surface area contributed by atoms with E-state index in [0.29, 0.717) is 25.1 Å². The van der Waals surface area contributed by atoms with Crippen LogP contribution in [0.25, 0.3) is 0 Å². The average molecular weight is 306 g/mol. The van der Waals surface area contributed by atoms with Gasteiger partial charge < -0.3 is 9.80 Å². The lowest BCUT2D eigenvalue weighted by Gasteiger charge is -2.33. The molecule has 2 atom stereocenters. The fourth-order valence-corrected chi connectivity index (χ4v) is 4.37. The SMILES string of the molecule is CCCN(CC(F)F)C(=O)C1CSC2(C)CCC(=O)N12. The van der Waals surface area contributed by atoms with Crippen LogP contribution in [-0.2, 0) is 9.59 Å². The molecule has 2 amide bonds. The number of alkyl halides is 2.